The summed E-state index contributed by atoms with van der Waals surface area (Å²) in [4.78, 5) is 28.3. The lowest BCUT2D eigenvalue weighted by Gasteiger charge is -2.25. The minimum absolute atomic E-state index is 0.0111. The van der Waals surface area contributed by atoms with Crippen molar-refractivity contribution < 1.29 is 23.8 Å². The van der Waals surface area contributed by atoms with Crippen molar-refractivity contribution in [3.8, 4) is 11.5 Å². The van der Waals surface area contributed by atoms with Gasteiger partial charge in [0.2, 0.25) is 5.76 Å². The number of amides is 1. The number of aliphatic hydroxyl groups excluding tert-OH is 1. The summed E-state index contributed by atoms with van der Waals surface area (Å²) in [6.45, 7) is 1.97. The first-order valence-electron chi connectivity index (χ1n) is 9.81. The number of hydrogen-bond donors (Lipinski definition) is 1. The fraction of sp³-hybridized carbons (Fsp3) is 0.304. The molecular formula is C23H22ClNO6. The third kappa shape index (κ3) is 3.43. The summed E-state index contributed by atoms with van der Waals surface area (Å²) in [7, 11) is 3.05. The van der Waals surface area contributed by atoms with Gasteiger partial charge in [-0.05, 0) is 48.7 Å². The van der Waals surface area contributed by atoms with Crippen molar-refractivity contribution in [3.05, 3.63) is 68.0 Å². The quantitative estimate of drug-likeness (QED) is 0.624. The van der Waals surface area contributed by atoms with Crippen LogP contribution in [-0.4, -0.2) is 43.3 Å². The Morgan fingerprint density at radius 1 is 1.13 bits per heavy atom. The third-order valence-electron chi connectivity index (χ3n) is 5.53. The zero-order chi connectivity index (χ0) is 22.3. The first kappa shape index (κ1) is 21.2. The van der Waals surface area contributed by atoms with E-state index in [1.807, 2.05) is 0 Å². The number of methoxy groups -OCH3 is 2. The maximum atomic E-state index is 13.5. The Morgan fingerprint density at radius 3 is 2.55 bits per heavy atom. The van der Waals surface area contributed by atoms with Crippen molar-refractivity contribution in [2.75, 3.05) is 27.4 Å². The molecule has 8 heteroatoms. The van der Waals surface area contributed by atoms with Crippen molar-refractivity contribution in [1.82, 2.24) is 4.90 Å². The average molecular weight is 444 g/mol. The molecule has 3 aromatic rings. The number of ether oxygens (including phenoxy) is 2. The zero-order valence-corrected chi connectivity index (χ0v) is 18.2. The number of rotatable bonds is 6. The van der Waals surface area contributed by atoms with Crippen molar-refractivity contribution in [3.63, 3.8) is 0 Å². The first-order valence-corrected chi connectivity index (χ1v) is 10.2. The number of carbonyl (C=O) groups is 1. The molecule has 7 nitrogen and oxygen atoms in total. The molecule has 0 fully saturated rings. The molecule has 1 aromatic heterocycles. The summed E-state index contributed by atoms with van der Waals surface area (Å²) in [5, 5.41) is 10.1. The maximum Gasteiger partial charge on any atom is 0.290 e. The first-order chi connectivity index (χ1) is 14.9. The standard InChI is InChI=1S/C23H22ClNO6/c1-12-9-17-14(11-15(12)24)21(27)19-20(13-5-6-16(29-2)18(10-13)30-3)25(7-4-8-26)23(28)22(19)31-17/h5-6,9-11,20,26H,4,7-8H2,1-3H3. The van der Waals surface area contributed by atoms with E-state index >= 15 is 0 Å². The Morgan fingerprint density at radius 2 is 1.87 bits per heavy atom. The van der Waals surface area contributed by atoms with Gasteiger partial charge in [0.1, 0.15) is 5.58 Å². The van der Waals surface area contributed by atoms with E-state index in [2.05, 4.69) is 0 Å². The molecule has 1 unspecified atom stereocenters. The third-order valence-corrected chi connectivity index (χ3v) is 5.93. The van der Waals surface area contributed by atoms with E-state index in [4.69, 9.17) is 25.5 Å². The van der Waals surface area contributed by atoms with Crippen LogP contribution in [0.15, 0.2) is 39.5 Å². The largest absolute Gasteiger partial charge is 0.493 e. The van der Waals surface area contributed by atoms with Crippen LogP contribution in [0.25, 0.3) is 11.0 Å². The molecule has 1 N–H and O–H groups in total. The van der Waals surface area contributed by atoms with Crippen molar-refractivity contribution in [2.24, 2.45) is 0 Å². The number of halogens is 1. The lowest BCUT2D eigenvalue weighted by Crippen LogP contribution is -2.31. The molecule has 0 spiro atoms. The van der Waals surface area contributed by atoms with Gasteiger partial charge in [0.25, 0.3) is 5.91 Å². The molecule has 162 valence electrons. The smallest absolute Gasteiger partial charge is 0.290 e. The predicted octanol–water partition coefficient (Wildman–Crippen LogP) is 3.70. The van der Waals surface area contributed by atoms with Gasteiger partial charge in [0, 0.05) is 18.2 Å². The molecule has 0 aliphatic carbocycles. The molecule has 1 aliphatic rings. The number of carbonyl (C=O) groups excluding carboxylic acids is 1. The van der Waals surface area contributed by atoms with Crippen molar-refractivity contribution >= 4 is 28.5 Å². The van der Waals surface area contributed by atoms with Crippen LogP contribution in [0.2, 0.25) is 5.02 Å². The number of aliphatic hydroxyl groups is 1. The van der Waals surface area contributed by atoms with Gasteiger partial charge in [-0.1, -0.05) is 17.7 Å². The number of nitrogens with zero attached hydrogens (tertiary/aromatic N) is 1. The van der Waals surface area contributed by atoms with Crippen LogP contribution in [0.4, 0.5) is 0 Å². The average Bonchev–Trinajstić information content (AvgIpc) is 3.05. The number of aryl methyl sites for hydroxylation is 1. The van der Waals surface area contributed by atoms with Crippen molar-refractivity contribution in [2.45, 2.75) is 19.4 Å². The summed E-state index contributed by atoms with van der Waals surface area (Å²) in [6, 6.07) is 7.80. The normalized spacial score (nSPS) is 15.5. The van der Waals surface area contributed by atoms with Crippen LogP contribution < -0.4 is 14.9 Å². The molecular weight excluding hydrogens is 422 g/mol. The van der Waals surface area contributed by atoms with E-state index in [0.29, 0.717) is 39.5 Å². The lowest BCUT2D eigenvalue weighted by atomic mass is 9.97. The second-order valence-corrected chi connectivity index (χ2v) is 7.77. The van der Waals surface area contributed by atoms with Gasteiger partial charge in [-0.25, -0.2) is 0 Å². The van der Waals surface area contributed by atoms with Gasteiger partial charge in [0.15, 0.2) is 16.9 Å². The maximum absolute atomic E-state index is 13.5. The molecule has 4 rings (SSSR count). The van der Waals surface area contributed by atoms with Gasteiger partial charge in [0.05, 0.1) is 31.2 Å². The summed E-state index contributed by atoms with van der Waals surface area (Å²) in [6.07, 6.45) is 0.363. The molecule has 0 saturated carbocycles. The van der Waals surface area contributed by atoms with Gasteiger partial charge in [-0.15, -0.1) is 0 Å². The van der Waals surface area contributed by atoms with Gasteiger partial charge < -0.3 is 23.9 Å². The Labute approximate surface area is 183 Å². The summed E-state index contributed by atoms with van der Waals surface area (Å²) in [5.41, 5.74) is 1.68. The molecule has 1 aliphatic heterocycles. The molecule has 31 heavy (non-hydrogen) atoms. The van der Waals surface area contributed by atoms with E-state index in [1.54, 1.807) is 42.2 Å². The Bertz CT molecular complexity index is 1230. The van der Waals surface area contributed by atoms with Crippen LogP contribution in [-0.2, 0) is 0 Å². The highest BCUT2D eigenvalue weighted by Gasteiger charge is 2.42. The molecule has 1 atom stereocenters. The van der Waals surface area contributed by atoms with Crippen LogP contribution in [0.3, 0.4) is 0 Å². The van der Waals surface area contributed by atoms with Crippen molar-refractivity contribution in [1.29, 1.82) is 0 Å². The Hall–Kier alpha value is -3.03. The SMILES string of the molecule is COc1ccc(C2c3c(oc4cc(C)c(Cl)cc4c3=O)C(=O)N2CCCO)cc1OC. The minimum Gasteiger partial charge on any atom is -0.493 e. The molecule has 0 saturated heterocycles. The van der Waals surface area contributed by atoms with E-state index < -0.39 is 11.9 Å². The van der Waals surface area contributed by atoms with E-state index in [0.717, 1.165) is 5.56 Å². The van der Waals surface area contributed by atoms with Gasteiger partial charge in [-0.2, -0.15) is 0 Å². The fourth-order valence-electron chi connectivity index (χ4n) is 3.98. The van der Waals surface area contributed by atoms with Crippen LogP contribution in [0.1, 0.15) is 39.7 Å². The van der Waals surface area contributed by atoms with E-state index in [-0.39, 0.29) is 29.9 Å². The molecule has 2 heterocycles. The van der Waals surface area contributed by atoms with Gasteiger partial charge in [-0.3, -0.25) is 9.59 Å². The second-order valence-electron chi connectivity index (χ2n) is 7.36. The predicted molar refractivity (Wildman–Crippen MR) is 116 cm³/mol. The van der Waals surface area contributed by atoms with E-state index in [1.165, 1.54) is 14.2 Å². The Balaban J connectivity index is 1.98. The highest BCUT2D eigenvalue weighted by Crippen LogP contribution is 2.41. The molecule has 0 bridgehead atoms. The second kappa shape index (κ2) is 8.24. The monoisotopic (exact) mass is 443 g/mol. The fourth-order valence-corrected chi connectivity index (χ4v) is 4.15. The lowest BCUT2D eigenvalue weighted by molar-refractivity contribution is 0.0716. The Kier molecular flexibility index (Phi) is 5.64. The molecule has 1 amide bonds. The summed E-state index contributed by atoms with van der Waals surface area (Å²) >= 11 is 6.25. The molecule has 2 aromatic carbocycles. The number of fused-ring (bicyclic) bond motifs is 2. The number of hydrogen-bond acceptors (Lipinski definition) is 6. The van der Waals surface area contributed by atoms with E-state index in [9.17, 15) is 14.7 Å². The highest BCUT2D eigenvalue weighted by molar-refractivity contribution is 6.32. The summed E-state index contributed by atoms with van der Waals surface area (Å²) in [5.74, 6) is 0.629. The summed E-state index contributed by atoms with van der Waals surface area (Å²) < 4.78 is 16.6. The minimum atomic E-state index is -0.686. The number of benzene rings is 2. The zero-order valence-electron chi connectivity index (χ0n) is 17.4. The highest BCUT2D eigenvalue weighted by atomic mass is 35.5. The molecule has 0 radical (unpaired) electrons. The van der Waals surface area contributed by atoms with Crippen LogP contribution >= 0.6 is 11.6 Å². The van der Waals surface area contributed by atoms with Crippen LogP contribution in [0, 0.1) is 6.92 Å². The topological polar surface area (TPSA) is 89.2 Å². The van der Waals surface area contributed by atoms with Crippen LogP contribution in [0.5, 0.6) is 11.5 Å². The van der Waals surface area contributed by atoms with Gasteiger partial charge >= 0.3 is 0 Å².